The van der Waals surface area contributed by atoms with Gasteiger partial charge in [-0.15, -0.1) is 0 Å². The van der Waals surface area contributed by atoms with Crippen molar-refractivity contribution < 1.29 is 14.3 Å². The molecule has 1 aromatic carbocycles. The van der Waals surface area contributed by atoms with Gasteiger partial charge < -0.3 is 30.3 Å². The molecule has 176 valence electrons. The van der Waals surface area contributed by atoms with Crippen LogP contribution >= 0.6 is 0 Å². The first-order chi connectivity index (χ1) is 16.6. The molecule has 6 bridgehead atoms. The zero-order valence-electron chi connectivity index (χ0n) is 19.0. The van der Waals surface area contributed by atoms with Crippen LogP contribution < -0.4 is 20.9 Å². The highest BCUT2D eigenvalue weighted by atomic mass is 16.5. The number of hydrogen-bond donors (Lipinski definition) is 3. The zero-order valence-corrected chi connectivity index (χ0v) is 19.0. The van der Waals surface area contributed by atoms with Crippen molar-refractivity contribution in [2.24, 2.45) is 0 Å². The van der Waals surface area contributed by atoms with Gasteiger partial charge in [-0.05, 0) is 43.0 Å². The molecule has 10 heteroatoms. The van der Waals surface area contributed by atoms with E-state index in [1.165, 1.54) is 16.6 Å². The number of morpholine rings is 1. The number of benzene rings is 1. The van der Waals surface area contributed by atoms with Crippen LogP contribution in [0.3, 0.4) is 0 Å². The van der Waals surface area contributed by atoms with Gasteiger partial charge in [-0.1, -0.05) is 0 Å². The number of carbonyl (C=O) groups excluding carboxylic acids is 1. The van der Waals surface area contributed by atoms with Crippen molar-refractivity contribution in [3.63, 3.8) is 0 Å². The Morgan fingerprint density at radius 2 is 2.12 bits per heavy atom. The predicted octanol–water partition coefficient (Wildman–Crippen LogP) is 2.81. The largest absolute Gasteiger partial charge is 0.386 e. The molecule has 1 aliphatic carbocycles. The molecule has 5 heterocycles. The minimum atomic E-state index is -0.239. The van der Waals surface area contributed by atoms with Gasteiger partial charge in [0, 0.05) is 31.0 Å². The van der Waals surface area contributed by atoms with E-state index >= 15 is 0 Å². The highest BCUT2D eigenvalue weighted by Crippen LogP contribution is 2.36. The number of nitrogens with one attached hydrogen (secondary N) is 3. The van der Waals surface area contributed by atoms with E-state index in [1.807, 2.05) is 13.1 Å². The van der Waals surface area contributed by atoms with Crippen molar-refractivity contribution >= 4 is 40.1 Å². The van der Waals surface area contributed by atoms with E-state index in [0.29, 0.717) is 35.7 Å². The molecule has 0 unspecified atom stereocenters. The van der Waals surface area contributed by atoms with Gasteiger partial charge in [0.1, 0.15) is 17.7 Å². The molecule has 0 spiro atoms. The molecule has 3 N–H and O–H groups in total. The molecule has 4 aliphatic rings. The number of pyridine rings is 1. The topological polar surface area (TPSA) is 106 Å². The second-order valence-electron chi connectivity index (χ2n) is 9.58. The number of rotatable bonds is 2. The van der Waals surface area contributed by atoms with E-state index in [0.717, 1.165) is 49.4 Å². The minimum Gasteiger partial charge on any atom is -0.386 e. The van der Waals surface area contributed by atoms with Crippen LogP contribution in [0.15, 0.2) is 30.6 Å². The molecule has 2 saturated heterocycles. The normalized spacial score (nSPS) is 27.7. The maximum atomic E-state index is 13.0. The fourth-order valence-corrected chi connectivity index (χ4v) is 5.52. The van der Waals surface area contributed by atoms with Crippen LogP contribution in [0.25, 0.3) is 11.2 Å². The molecular formula is C24H27N7O3. The number of amides is 1. The fourth-order valence-electron chi connectivity index (χ4n) is 5.52. The molecule has 10 nitrogen and oxygen atoms in total. The summed E-state index contributed by atoms with van der Waals surface area (Å²) in [5.41, 5.74) is 5.17. The van der Waals surface area contributed by atoms with Gasteiger partial charge in [0.2, 0.25) is 0 Å². The summed E-state index contributed by atoms with van der Waals surface area (Å²) < 4.78 is 13.6. The Hall–Kier alpha value is -3.37. The van der Waals surface area contributed by atoms with Crippen LogP contribution in [-0.2, 0) is 16.1 Å². The first kappa shape index (κ1) is 20.0. The Labute approximate surface area is 196 Å². The summed E-state index contributed by atoms with van der Waals surface area (Å²) in [6.07, 6.45) is 4.75. The van der Waals surface area contributed by atoms with Crippen molar-refractivity contribution in [3.8, 4) is 0 Å². The Morgan fingerprint density at radius 1 is 1.18 bits per heavy atom. The molecule has 1 saturated carbocycles. The SMILES string of the molecule is CNc1cc2nc3c1ncn3C(=O)N[C@@H]1CC[C@H]1OCc1cc(cc(N3C[C@H]4C[C@@H]3CO4)c1)N2. The number of aromatic nitrogens is 3. The number of hydrogen-bond acceptors (Lipinski definition) is 8. The summed E-state index contributed by atoms with van der Waals surface area (Å²) in [5, 5.41) is 9.75. The Morgan fingerprint density at radius 3 is 2.88 bits per heavy atom. The van der Waals surface area contributed by atoms with Crippen LogP contribution in [0.5, 0.6) is 0 Å². The molecule has 3 aliphatic heterocycles. The first-order valence-corrected chi connectivity index (χ1v) is 11.9. The van der Waals surface area contributed by atoms with Crippen molar-refractivity contribution in [2.45, 2.75) is 50.2 Å². The van der Waals surface area contributed by atoms with Crippen molar-refractivity contribution in [2.75, 3.05) is 35.7 Å². The lowest BCUT2D eigenvalue weighted by atomic mass is 9.89. The lowest BCUT2D eigenvalue weighted by Gasteiger charge is -2.37. The summed E-state index contributed by atoms with van der Waals surface area (Å²) >= 11 is 0. The molecule has 7 rings (SSSR count). The summed E-state index contributed by atoms with van der Waals surface area (Å²) in [5.74, 6) is 0.639. The number of fused-ring (bicyclic) bond motifs is 6. The molecule has 3 fully saturated rings. The second kappa shape index (κ2) is 7.57. The van der Waals surface area contributed by atoms with Gasteiger partial charge in [-0.3, -0.25) is 0 Å². The summed E-state index contributed by atoms with van der Waals surface area (Å²) in [7, 11) is 1.84. The first-order valence-electron chi connectivity index (χ1n) is 11.9. The lowest BCUT2D eigenvalue weighted by molar-refractivity contribution is -0.0323. The lowest BCUT2D eigenvalue weighted by Crippen LogP contribution is -2.52. The van der Waals surface area contributed by atoms with Gasteiger partial charge in [0.05, 0.1) is 43.2 Å². The highest BCUT2D eigenvalue weighted by molar-refractivity contribution is 5.94. The maximum Gasteiger partial charge on any atom is 0.328 e. The summed E-state index contributed by atoms with van der Waals surface area (Å²) in [6.45, 7) is 2.19. The molecule has 34 heavy (non-hydrogen) atoms. The van der Waals surface area contributed by atoms with Crippen molar-refractivity contribution in [1.29, 1.82) is 0 Å². The van der Waals surface area contributed by atoms with E-state index in [4.69, 9.17) is 14.5 Å². The molecule has 2 aromatic heterocycles. The third-order valence-corrected chi connectivity index (χ3v) is 7.46. The van der Waals surface area contributed by atoms with Crippen LogP contribution in [0, 0.1) is 0 Å². The number of imidazole rings is 1. The number of anilines is 4. The Bertz CT molecular complexity index is 1290. The number of ether oxygens (including phenoxy) is 2. The smallest absolute Gasteiger partial charge is 0.328 e. The van der Waals surface area contributed by atoms with E-state index in [9.17, 15) is 4.79 Å². The Balaban J connectivity index is 1.33. The quantitative estimate of drug-likeness (QED) is 0.535. The van der Waals surface area contributed by atoms with Gasteiger partial charge in [-0.25, -0.2) is 19.3 Å². The minimum absolute atomic E-state index is 0.00525. The molecule has 3 aromatic rings. The van der Waals surface area contributed by atoms with Gasteiger partial charge in [0.15, 0.2) is 5.65 Å². The third-order valence-electron chi connectivity index (χ3n) is 7.46. The Kier molecular flexibility index (Phi) is 4.46. The molecule has 4 atom stereocenters. The zero-order chi connectivity index (χ0) is 22.8. The average Bonchev–Trinajstić information content (AvgIpc) is 3.56. The van der Waals surface area contributed by atoms with Crippen LogP contribution in [0.1, 0.15) is 24.8 Å². The number of carbonyl (C=O) groups is 1. The summed E-state index contributed by atoms with van der Waals surface area (Å²) in [6, 6.07) is 8.58. The van der Waals surface area contributed by atoms with E-state index < -0.39 is 0 Å². The third kappa shape index (κ3) is 3.20. The average molecular weight is 462 g/mol. The van der Waals surface area contributed by atoms with E-state index in [1.54, 1.807) is 0 Å². The van der Waals surface area contributed by atoms with Crippen molar-refractivity contribution in [3.05, 3.63) is 36.2 Å². The monoisotopic (exact) mass is 461 g/mol. The summed E-state index contributed by atoms with van der Waals surface area (Å²) in [4.78, 5) is 24.7. The molecular weight excluding hydrogens is 434 g/mol. The van der Waals surface area contributed by atoms with Crippen molar-refractivity contribution in [1.82, 2.24) is 19.9 Å². The molecule has 0 radical (unpaired) electrons. The van der Waals surface area contributed by atoms with Crippen LogP contribution in [0.2, 0.25) is 0 Å². The number of nitrogens with zero attached hydrogens (tertiary/aromatic N) is 4. The van der Waals surface area contributed by atoms with Crippen LogP contribution in [0.4, 0.5) is 27.7 Å². The fraction of sp³-hybridized carbons (Fsp3) is 0.458. The molecule has 1 amide bonds. The van der Waals surface area contributed by atoms with E-state index in [-0.39, 0.29) is 18.2 Å². The van der Waals surface area contributed by atoms with Crippen LogP contribution in [-0.4, -0.2) is 65.1 Å². The van der Waals surface area contributed by atoms with Gasteiger partial charge >= 0.3 is 6.03 Å². The second-order valence-corrected chi connectivity index (χ2v) is 9.58. The van der Waals surface area contributed by atoms with E-state index in [2.05, 4.69) is 44.0 Å². The van der Waals surface area contributed by atoms with Gasteiger partial charge in [-0.2, -0.15) is 0 Å². The van der Waals surface area contributed by atoms with Gasteiger partial charge in [0.25, 0.3) is 0 Å². The standard InChI is InChI=1S/C24H27N7O3/c1-25-19-8-21-27-14-4-13(5-15(6-14)30-9-17-7-16(30)11-33-17)10-34-20-3-2-18(20)28-24(32)31-12-26-22(19)23(31)29-21/h4-6,8,12,16-18,20H,2-3,7,9-11H2,1H3,(H,28,32)(H2,25,27,29)/t16-,17-,18-,20-/m1/s1. The highest BCUT2D eigenvalue weighted by Gasteiger charge is 2.39. The predicted molar refractivity (Wildman–Crippen MR) is 128 cm³/mol. The maximum absolute atomic E-state index is 13.0.